The number of nitrogens with zero attached hydrogens (tertiary/aromatic N) is 1. The molecule has 1 aromatic carbocycles. The number of nitrogen functional groups attached to an aromatic ring is 1. The quantitative estimate of drug-likeness (QED) is 0.760. The van der Waals surface area contributed by atoms with Crippen LogP contribution in [0.5, 0.6) is 0 Å². The van der Waals surface area contributed by atoms with E-state index in [0.717, 1.165) is 25.9 Å². The SMILES string of the molecule is CC1CCCN(C(=O)c2ccc(F)c(N)c2)C1. The Morgan fingerprint density at radius 3 is 2.94 bits per heavy atom. The lowest BCUT2D eigenvalue weighted by molar-refractivity contribution is 0.0683. The molecule has 0 aromatic heterocycles. The number of nitrogens with two attached hydrogens (primary N) is 1. The van der Waals surface area contributed by atoms with E-state index < -0.39 is 5.82 Å². The summed E-state index contributed by atoms with van der Waals surface area (Å²) in [5.74, 6) is 0.00214. The Morgan fingerprint density at radius 1 is 1.53 bits per heavy atom. The van der Waals surface area contributed by atoms with Crippen LogP contribution in [0.1, 0.15) is 30.1 Å². The van der Waals surface area contributed by atoms with Crippen molar-refractivity contribution in [3.05, 3.63) is 29.6 Å². The Labute approximate surface area is 100 Å². The van der Waals surface area contributed by atoms with E-state index in [1.165, 1.54) is 18.2 Å². The molecule has 2 N–H and O–H groups in total. The molecule has 0 bridgehead atoms. The van der Waals surface area contributed by atoms with Crippen LogP contribution in [-0.4, -0.2) is 23.9 Å². The zero-order valence-corrected chi connectivity index (χ0v) is 9.95. The van der Waals surface area contributed by atoms with Crippen molar-refractivity contribution in [3.8, 4) is 0 Å². The Balaban J connectivity index is 2.15. The maximum atomic E-state index is 13.0. The molecule has 1 amide bonds. The van der Waals surface area contributed by atoms with Crippen LogP contribution >= 0.6 is 0 Å². The van der Waals surface area contributed by atoms with Gasteiger partial charge in [-0.2, -0.15) is 0 Å². The number of piperidine rings is 1. The maximum absolute atomic E-state index is 13.0. The Kier molecular flexibility index (Phi) is 3.31. The van der Waals surface area contributed by atoms with Crippen LogP contribution < -0.4 is 5.73 Å². The number of anilines is 1. The van der Waals surface area contributed by atoms with Gasteiger partial charge in [-0.1, -0.05) is 6.92 Å². The number of likely N-dealkylation sites (tertiary alicyclic amines) is 1. The molecule has 0 spiro atoms. The molecule has 1 aliphatic heterocycles. The molecular formula is C13H17FN2O. The van der Waals surface area contributed by atoms with Crippen LogP contribution in [0, 0.1) is 11.7 Å². The van der Waals surface area contributed by atoms with Gasteiger partial charge in [0.05, 0.1) is 5.69 Å². The number of hydrogen-bond donors (Lipinski definition) is 1. The molecule has 4 heteroatoms. The van der Waals surface area contributed by atoms with Gasteiger partial charge < -0.3 is 10.6 Å². The molecule has 1 saturated heterocycles. The van der Waals surface area contributed by atoms with Crippen molar-refractivity contribution in [1.82, 2.24) is 4.90 Å². The van der Waals surface area contributed by atoms with Gasteiger partial charge in [0.2, 0.25) is 0 Å². The molecule has 92 valence electrons. The third-order valence-corrected chi connectivity index (χ3v) is 3.19. The summed E-state index contributed by atoms with van der Waals surface area (Å²) in [5, 5.41) is 0. The van der Waals surface area contributed by atoms with E-state index in [4.69, 9.17) is 5.73 Å². The predicted molar refractivity (Wildman–Crippen MR) is 65.1 cm³/mol. The van der Waals surface area contributed by atoms with E-state index in [1.54, 1.807) is 0 Å². The number of amides is 1. The summed E-state index contributed by atoms with van der Waals surface area (Å²) < 4.78 is 13.0. The van der Waals surface area contributed by atoms with Crippen LogP contribution in [0.4, 0.5) is 10.1 Å². The lowest BCUT2D eigenvalue weighted by atomic mass is 9.99. The van der Waals surface area contributed by atoms with Gasteiger partial charge in [-0.25, -0.2) is 4.39 Å². The molecule has 1 fully saturated rings. The highest BCUT2D eigenvalue weighted by molar-refractivity contribution is 5.95. The third-order valence-electron chi connectivity index (χ3n) is 3.19. The van der Waals surface area contributed by atoms with Crippen molar-refractivity contribution < 1.29 is 9.18 Å². The Hall–Kier alpha value is -1.58. The highest BCUT2D eigenvalue weighted by atomic mass is 19.1. The van der Waals surface area contributed by atoms with Crippen LogP contribution in [0.2, 0.25) is 0 Å². The largest absolute Gasteiger partial charge is 0.396 e. The average molecular weight is 236 g/mol. The van der Waals surface area contributed by atoms with E-state index in [1.807, 2.05) is 4.90 Å². The molecule has 2 rings (SSSR count). The van der Waals surface area contributed by atoms with Crippen molar-refractivity contribution in [2.24, 2.45) is 5.92 Å². The number of benzene rings is 1. The van der Waals surface area contributed by atoms with Gasteiger partial charge in [-0.3, -0.25) is 4.79 Å². The first kappa shape index (κ1) is 11.9. The zero-order valence-electron chi connectivity index (χ0n) is 9.95. The summed E-state index contributed by atoms with van der Waals surface area (Å²) in [4.78, 5) is 14.0. The summed E-state index contributed by atoms with van der Waals surface area (Å²) in [6.45, 7) is 3.69. The van der Waals surface area contributed by atoms with Crippen LogP contribution in [0.15, 0.2) is 18.2 Å². The third kappa shape index (κ3) is 2.57. The van der Waals surface area contributed by atoms with Gasteiger partial charge in [-0.05, 0) is 37.0 Å². The molecule has 1 aromatic rings. The topological polar surface area (TPSA) is 46.3 Å². The van der Waals surface area contributed by atoms with Crippen LogP contribution in [-0.2, 0) is 0 Å². The molecule has 0 radical (unpaired) electrons. The van der Waals surface area contributed by atoms with Gasteiger partial charge in [-0.15, -0.1) is 0 Å². The van der Waals surface area contributed by atoms with Crippen molar-refractivity contribution in [1.29, 1.82) is 0 Å². The molecule has 1 unspecified atom stereocenters. The van der Waals surface area contributed by atoms with Crippen molar-refractivity contribution in [2.75, 3.05) is 18.8 Å². The lowest BCUT2D eigenvalue weighted by Gasteiger charge is -2.31. The molecule has 3 nitrogen and oxygen atoms in total. The minimum absolute atomic E-state index is 0.0286. The lowest BCUT2D eigenvalue weighted by Crippen LogP contribution is -2.39. The average Bonchev–Trinajstić information content (AvgIpc) is 2.32. The Morgan fingerprint density at radius 2 is 2.29 bits per heavy atom. The number of carbonyl (C=O) groups is 1. The molecule has 0 aliphatic carbocycles. The van der Waals surface area contributed by atoms with Crippen LogP contribution in [0.25, 0.3) is 0 Å². The first-order valence-electron chi connectivity index (χ1n) is 5.92. The normalized spacial score (nSPS) is 20.4. The second kappa shape index (κ2) is 4.73. The zero-order chi connectivity index (χ0) is 12.4. The van der Waals surface area contributed by atoms with E-state index in [0.29, 0.717) is 11.5 Å². The predicted octanol–water partition coefficient (Wildman–Crippen LogP) is 2.28. The second-order valence-corrected chi connectivity index (χ2v) is 4.73. The second-order valence-electron chi connectivity index (χ2n) is 4.73. The van der Waals surface area contributed by atoms with Gasteiger partial charge in [0, 0.05) is 18.7 Å². The standard InChI is InChI=1S/C13H17FN2O/c1-9-3-2-6-16(8-9)13(17)10-4-5-11(14)12(15)7-10/h4-5,7,9H,2-3,6,8,15H2,1H3. The first-order chi connectivity index (χ1) is 8.08. The molecule has 17 heavy (non-hydrogen) atoms. The smallest absolute Gasteiger partial charge is 0.253 e. The summed E-state index contributed by atoms with van der Waals surface area (Å²) >= 11 is 0. The fraction of sp³-hybridized carbons (Fsp3) is 0.462. The van der Waals surface area contributed by atoms with Gasteiger partial charge in [0.1, 0.15) is 5.82 Å². The van der Waals surface area contributed by atoms with E-state index in [2.05, 4.69) is 6.92 Å². The number of halogens is 1. The molecule has 0 saturated carbocycles. The highest BCUT2D eigenvalue weighted by Crippen LogP contribution is 2.19. The minimum atomic E-state index is -0.478. The highest BCUT2D eigenvalue weighted by Gasteiger charge is 2.22. The van der Waals surface area contributed by atoms with Gasteiger partial charge in [0.25, 0.3) is 5.91 Å². The molecule has 1 heterocycles. The van der Waals surface area contributed by atoms with Crippen molar-refractivity contribution in [2.45, 2.75) is 19.8 Å². The summed E-state index contributed by atoms with van der Waals surface area (Å²) in [7, 11) is 0. The number of hydrogen-bond acceptors (Lipinski definition) is 2. The fourth-order valence-corrected chi connectivity index (χ4v) is 2.23. The van der Waals surface area contributed by atoms with Crippen molar-refractivity contribution >= 4 is 11.6 Å². The van der Waals surface area contributed by atoms with E-state index >= 15 is 0 Å². The number of rotatable bonds is 1. The summed E-state index contributed by atoms with van der Waals surface area (Å²) in [6.07, 6.45) is 2.19. The summed E-state index contributed by atoms with van der Waals surface area (Å²) in [6, 6.07) is 4.15. The monoisotopic (exact) mass is 236 g/mol. The molecular weight excluding hydrogens is 219 g/mol. The van der Waals surface area contributed by atoms with Gasteiger partial charge in [0.15, 0.2) is 0 Å². The Bertz CT molecular complexity index is 433. The molecule has 1 aliphatic rings. The van der Waals surface area contributed by atoms with Crippen molar-refractivity contribution in [3.63, 3.8) is 0 Å². The van der Waals surface area contributed by atoms with Crippen LogP contribution in [0.3, 0.4) is 0 Å². The minimum Gasteiger partial charge on any atom is -0.396 e. The van der Waals surface area contributed by atoms with E-state index in [9.17, 15) is 9.18 Å². The molecule has 1 atom stereocenters. The fourth-order valence-electron chi connectivity index (χ4n) is 2.23. The maximum Gasteiger partial charge on any atom is 0.253 e. The van der Waals surface area contributed by atoms with E-state index in [-0.39, 0.29) is 11.6 Å². The first-order valence-corrected chi connectivity index (χ1v) is 5.92. The van der Waals surface area contributed by atoms with Gasteiger partial charge >= 0.3 is 0 Å². The number of carbonyl (C=O) groups excluding carboxylic acids is 1. The summed E-state index contributed by atoms with van der Waals surface area (Å²) in [5.41, 5.74) is 5.97.